The van der Waals surface area contributed by atoms with Crippen molar-refractivity contribution in [2.24, 2.45) is 11.5 Å². The zero-order valence-corrected chi connectivity index (χ0v) is 16.9. The second-order valence-corrected chi connectivity index (χ2v) is 6.94. The lowest BCUT2D eigenvalue weighted by atomic mass is 9.92. The molecule has 2 rings (SSSR count). The Hall–Kier alpha value is -4.01. The normalized spacial score (nSPS) is 13.2. The van der Waals surface area contributed by atoms with Crippen LogP contribution >= 0.6 is 0 Å². The highest BCUT2D eigenvalue weighted by atomic mass is 19.3. The van der Waals surface area contributed by atoms with Crippen LogP contribution in [0.25, 0.3) is 0 Å². The number of hydrogen-bond donors (Lipinski definition) is 6. The van der Waals surface area contributed by atoms with Gasteiger partial charge in [0, 0.05) is 22.4 Å². The van der Waals surface area contributed by atoms with E-state index in [9.17, 15) is 23.2 Å². The molecule has 1 unspecified atom stereocenters. The summed E-state index contributed by atoms with van der Waals surface area (Å²) in [6.45, 7) is 0.882. The number of carbonyl (C=O) groups is 3. The van der Waals surface area contributed by atoms with Crippen molar-refractivity contribution in [3.8, 4) is 11.8 Å². The van der Waals surface area contributed by atoms with E-state index in [1.165, 1.54) is 29.7 Å². The minimum Gasteiger partial charge on any atom is -0.351 e. The first-order valence-electron chi connectivity index (χ1n) is 9.15. The summed E-state index contributed by atoms with van der Waals surface area (Å²) < 4.78 is 26.4. The number of rotatable bonds is 6. The van der Waals surface area contributed by atoms with Crippen molar-refractivity contribution in [3.63, 3.8) is 0 Å². The Kier molecular flexibility index (Phi) is 7.84. The first-order chi connectivity index (χ1) is 15.0. The Bertz CT molecular complexity index is 1040. The zero-order chi connectivity index (χ0) is 23.9. The van der Waals surface area contributed by atoms with Gasteiger partial charge in [-0.15, -0.1) is 0 Å². The monoisotopic (exact) mass is 445 g/mol. The Balaban J connectivity index is 2.11. The standard InChI is InChI=1S/C21H21F2N5O4/c1-21(25,19(22)23)16(18(30)28-32)27-17(29)14-8-4-12(5-9-14)2-3-13-6-10-15(11-7-13)26-20(24)31/h4-11,16,19,32H,25H2,1H3,(H,27,29)(H,28,30)(H3,24,26,31)/t16-,21?/m1/s1. The molecular formula is C21H21F2N5O4. The molecular weight excluding hydrogens is 424 g/mol. The maximum atomic E-state index is 13.2. The molecule has 2 aromatic rings. The summed E-state index contributed by atoms with van der Waals surface area (Å²) in [4.78, 5) is 34.9. The predicted octanol–water partition coefficient (Wildman–Crippen LogP) is 1.16. The Morgan fingerprint density at radius 2 is 1.50 bits per heavy atom. The average molecular weight is 445 g/mol. The van der Waals surface area contributed by atoms with Gasteiger partial charge in [0.15, 0.2) is 0 Å². The highest BCUT2D eigenvalue weighted by Gasteiger charge is 2.44. The van der Waals surface area contributed by atoms with Gasteiger partial charge < -0.3 is 22.1 Å². The number of nitrogens with one attached hydrogen (secondary N) is 3. The third-order valence-corrected chi connectivity index (χ3v) is 4.39. The van der Waals surface area contributed by atoms with E-state index in [-0.39, 0.29) is 5.56 Å². The summed E-state index contributed by atoms with van der Waals surface area (Å²) >= 11 is 0. The molecule has 0 radical (unpaired) electrons. The molecule has 0 saturated carbocycles. The van der Waals surface area contributed by atoms with Crippen LogP contribution in [0, 0.1) is 11.8 Å². The summed E-state index contributed by atoms with van der Waals surface area (Å²) in [5.41, 5.74) is 11.1. The van der Waals surface area contributed by atoms with Crippen LogP contribution in [-0.4, -0.2) is 41.1 Å². The number of urea groups is 1. The molecule has 0 aliphatic rings. The van der Waals surface area contributed by atoms with Crippen molar-refractivity contribution in [1.82, 2.24) is 10.8 Å². The first kappa shape index (κ1) is 24.3. The van der Waals surface area contributed by atoms with Crippen LogP contribution in [-0.2, 0) is 4.79 Å². The molecule has 0 aliphatic carbocycles. The predicted molar refractivity (Wildman–Crippen MR) is 112 cm³/mol. The largest absolute Gasteiger partial charge is 0.351 e. The highest BCUT2D eigenvalue weighted by Crippen LogP contribution is 2.18. The number of hydrogen-bond acceptors (Lipinski definition) is 5. The Morgan fingerprint density at radius 3 is 1.94 bits per heavy atom. The van der Waals surface area contributed by atoms with Crippen LogP contribution in [0.5, 0.6) is 0 Å². The molecule has 0 aromatic heterocycles. The number of anilines is 1. The van der Waals surface area contributed by atoms with E-state index in [1.807, 2.05) is 0 Å². The summed E-state index contributed by atoms with van der Waals surface area (Å²) in [5, 5.41) is 13.3. The molecule has 168 valence electrons. The molecule has 0 fully saturated rings. The number of nitrogens with two attached hydrogens (primary N) is 2. The van der Waals surface area contributed by atoms with Crippen LogP contribution < -0.4 is 27.6 Å². The molecule has 4 amide bonds. The second kappa shape index (κ2) is 10.3. The molecule has 32 heavy (non-hydrogen) atoms. The van der Waals surface area contributed by atoms with E-state index in [2.05, 4.69) is 22.5 Å². The van der Waals surface area contributed by atoms with E-state index in [0.29, 0.717) is 16.8 Å². The molecule has 11 heteroatoms. The molecule has 0 heterocycles. The summed E-state index contributed by atoms with van der Waals surface area (Å²) in [6.07, 6.45) is -3.15. The van der Waals surface area contributed by atoms with Gasteiger partial charge >= 0.3 is 6.03 Å². The van der Waals surface area contributed by atoms with Crippen LogP contribution in [0.1, 0.15) is 28.4 Å². The lowest BCUT2D eigenvalue weighted by molar-refractivity contribution is -0.134. The smallest absolute Gasteiger partial charge is 0.316 e. The number of hydroxylamine groups is 1. The molecule has 9 nitrogen and oxygen atoms in total. The quantitative estimate of drug-likeness (QED) is 0.223. The minimum absolute atomic E-state index is 0.0678. The molecule has 2 aromatic carbocycles. The van der Waals surface area contributed by atoms with Crippen LogP contribution in [0.15, 0.2) is 48.5 Å². The van der Waals surface area contributed by atoms with Gasteiger partial charge in [-0.1, -0.05) is 11.8 Å². The van der Waals surface area contributed by atoms with E-state index in [4.69, 9.17) is 16.7 Å². The first-order valence-corrected chi connectivity index (χ1v) is 9.15. The van der Waals surface area contributed by atoms with E-state index in [1.54, 1.807) is 24.3 Å². The maximum absolute atomic E-state index is 13.2. The van der Waals surface area contributed by atoms with Gasteiger partial charge in [0.2, 0.25) is 0 Å². The maximum Gasteiger partial charge on any atom is 0.316 e. The van der Waals surface area contributed by atoms with Crippen molar-refractivity contribution in [1.29, 1.82) is 0 Å². The van der Waals surface area contributed by atoms with Crippen molar-refractivity contribution in [2.45, 2.75) is 24.9 Å². The van der Waals surface area contributed by atoms with Gasteiger partial charge in [-0.3, -0.25) is 14.8 Å². The highest BCUT2D eigenvalue weighted by molar-refractivity contribution is 5.98. The van der Waals surface area contributed by atoms with Crippen LogP contribution in [0.2, 0.25) is 0 Å². The lowest BCUT2D eigenvalue weighted by Crippen LogP contribution is -2.66. The zero-order valence-electron chi connectivity index (χ0n) is 16.9. The Labute approximate surface area is 182 Å². The fourth-order valence-electron chi connectivity index (χ4n) is 2.54. The van der Waals surface area contributed by atoms with Gasteiger partial charge in [-0.25, -0.2) is 19.1 Å². The van der Waals surface area contributed by atoms with E-state index < -0.39 is 35.9 Å². The summed E-state index contributed by atoms with van der Waals surface area (Å²) in [5.74, 6) is 3.67. The van der Waals surface area contributed by atoms with Gasteiger partial charge in [0.1, 0.15) is 11.6 Å². The number of primary amides is 1. The molecule has 8 N–H and O–H groups in total. The van der Waals surface area contributed by atoms with Gasteiger partial charge in [-0.05, 0) is 55.5 Å². The second-order valence-electron chi connectivity index (χ2n) is 6.94. The summed E-state index contributed by atoms with van der Waals surface area (Å²) in [7, 11) is 0. The number of amides is 4. The summed E-state index contributed by atoms with van der Waals surface area (Å²) in [6, 6.07) is 9.90. The SMILES string of the molecule is CC(N)(C(F)F)[C@H](NC(=O)c1ccc(C#Cc2ccc(NC(N)=O)cc2)cc1)C(=O)NO. The van der Waals surface area contributed by atoms with E-state index >= 15 is 0 Å². The van der Waals surface area contributed by atoms with Gasteiger partial charge in [0.25, 0.3) is 18.2 Å². The van der Waals surface area contributed by atoms with Crippen molar-refractivity contribution in [2.75, 3.05) is 5.32 Å². The van der Waals surface area contributed by atoms with Gasteiger partial charge in [-0.2, -0.15) is 0 Å². The fraction of sp³-hybridized carbons (Fsp3) is 0.190. The van der Waals surface area contributed by atoms with Crippen LogP contribution in [0.4, 0.5) is 19.3 Å². The van der Waals surface area contributed by atoms with Crippen molar-refractivity contribution >= 4 is 23.5 Å². The average Bonchev–Trinajstić information content (AvgIpc) is 2.76. The number of benzene rings is 2. The molecule has 0 saturated heterocycles. The fourth-order valence-corrected chi connectivity index (χ4v) is 2.54. The third kappa shape index (κ3) is 6.24. The number of alkyl halides is 2. The molecule has 2 atom stereocenters. The van der Waals surface area contributed by atoms with E-state index in [0.717, 1.165) is 6.92 Å². The number of halogens is 2. The molecule has 0 aliphatic heterocycles. The topological polar surface area (TPSA) is 160 Å². The van der Waals surface area contributed by atoms with Crippen LogP contribution in [0.3, 0.4) is 0 Å². The lowest BCUT2D eigenvalue weighted by Gasteiger charge is -2.32. The Morgan fingerprint density at radius 1 is 1.00 bits per heavy atom. The van der Waals surface area contributed by atoms with Crippen molar-refractivity contribution in [3.05, 3.63) is 65.2 Å². The molecule has 0 spiro atoms. The number of carbonyl (C=O) groups excluding carboxylic acids is 3. The van der Waals surface area contributed by atoms with Gasteiger partial charge in [0.05, 0.1) is 0 Å². The van der Waals surface area contributed by atoms with Crippen molar-refractivity contribution < 1.29 is 28.4 Å². The minimum atomic E-state index is -3.15. The molecule has 0 bridgehead atoms. The third-order valence-electron chi connectivity index (χ3n) is 4.39.